The summed E-state index contributed by atoms with van der Waals surface area (Å²) in [7, 11) is 1.59. The van der Waals surface area contributed by atoms with Crippen molar-refractivity contribution < 1.29 is 14.3 Å². The Hall–Kier alpha value is -2.04. The smallest absolute Gasteiger partial charge is 0.309 e. The molecule has 0 saturated carbocycles. The molecule has 1 aliphatic heterocycles. The van der Waals surface area contributed by atoms with Crippen molar-refractivity contribution in [3.63, 3.8) is 0 Å². The first-order valence-electron chi connectivity index (χ1n) is 4.93. The Labute approximate surface area is 92.8 Å². The molecular formula is C11H12N2O3. The number of hydrogen-bond donors (Lipinski definition) is 2. The van der Waals surface area contributed by atoms with E-state index in [2.05, 4.69) is 10.6 Å². The largest absolute Gasteiger partial charge is 0.497 e. The van der Waals surface area contributed by atoms with Crippen LogP contribution in [0.1, 0.15) is 11.6 Å². The fourth-order valence-corrected chi connectivity index (χ4v) is 1.59. The van der Waals surface area contributed by atoms with Crippen LogP contribution in [0.4, 0.5) is 0 Å². The van der Waals surface area contributed by atoms with E-state index in [1.54, 1.807) is 7.11 Å². The Morgan fingerprint density at radius 2 is 1.88 bits per heavy atom. The van der Waals surface area contributed by atoms with Crippen molar-refractivity contribution in [3.8, 4) is 5.75 Å². The van der Waals surface area contributed by atoms with Crippen molar-refractivity contribution >= 4 is 11.8 Å². The minimum Gasteiger partial charge on any atom is -0.497 e. The number of amides is 2. The maximum atomic E-state index is 11.2. The van der Waals surface area contributed by atoms with Gasteiger partial charge in [0.15, 0.2) is 0 Å². The molecule has 1 unspecified atom stereocenters. The molecule has 5 nitrogen and oxygen atoms in total. The summed E-state index contributed by atoms with van der Waals surface area (Å²) in [6, 6.07) is 7.19. The molecular weight excluding hydrogens is 208 g/mol. The van der Waals surface area contributed by atoms with E-state index in [-0.39, 0.29) is 6.04 Å². The highest BCUT2D eigenvalue weighted by Crippen LogP contribution is 2.18. The van der Waals surface area contributed by atoms with Crippen LogP contribution in [0.25, 0.3) is 0 Å². The van der Waals surface area contributed by atoms with Gasteiger partial charge >= 0.3 is 11.8 Å². The lowest BCUT2D eigenvalue weighted by atomic mass is 10.1. The predicted octanol–water partition coefficient (Wildman–Crippen LogP) is -0.0177. The zero-order valence-electron chi connectivity index (χ0n) is 8.82. The molecule has 2 rings (SSSR count). The number of nitrogens with one attached hydrogen (secondary N) is 2. The molecule has 2 N–H and O–H groups in total. The number of carbonyl (C=O) groups is 2. The van der Waals surface area contributed by atoms with E-state index in [0.717, 1.165) is 11.3 Å². The number of methoxy groups -OCH3 is 1. The van der Waals surface area contributed by atoms with Crippen LogP contribution >= 0.6 is 0 Å². The number of ether oxygens (including phenoxy) is 1. The zero-order chi connectivity index (χ0) is 11.5. The highest BCUT2D eigenvalue weighted by molar-refractivity contribution is 6.35. The minimum atomic E-state index is -0.591. The number of hydrogen-bond acceptors (Lipinski definition) is 3. The molecule has 1 aromatic rings. The molecule has 0 spiro atoms. The van der Waals surface area contributed by atoms with E-state index in [9.17, 15) is 9.59 Å². The zero-order valence-corrected chi connectivity index (χ0v) is 8.82. The normalized spacial score (nSPS) is 19.9. The van der Waals surface area contributed by atoms with E-state index in [1.165, 1.54) is 0 Å². The Bertz CT molecular complexity index is 414. The summed E-state index contributed by atoms with van der Waals surface area (Å²) in [5.74, 6) is -0.410. The molecule has 2 amide bonds. The van der Waals surface area contributed by atoms with E-state index >= 15 is 0 Å². The number of piperazine rings is 1. The third-order valence-corrected chi connectivity index (χ3v) is 2.50. The second-order valence-corrected chi connectivity index (χ2v) is 3.51. The van der Waals surface area contributed by atoms with Gasteiger partial charge in [0.1, 0.15) is 5.75 Å². The first-order chi connectivity index (χ1) is 7.70. The maximum absolute atomic E-state index is 11.2. The van der Waals surface area contributed by atoms with Crippen LogP contribution in [-0.4, -0.2) is 25.5 Å². The molecule has 1 aromatic carbocycles. The average Bonchev–Trinajstić information content (AvgIpc) is 2.33. The molecule has 1 aliphatic rings. The molecule has 0 aromatic heterocycles. The first-order valence-corrected chi connectivity index (χ1v) is 4.93. The lowest BCUT2D eigenvalue weighted by molar-refractivity contribution is -0.141. The van der Waals surface area contributed by atoms with Crippen LogP contribution in [0.15, 0.2) is 24.3 Å². The molecule has 16 heavy (non-hydrogen) atoms. The van der Waals surface area contributed by atoms with Gasteiger partial charge in [0.25, 0.3) is 0 Å². The predicted molar refractivity (Wildman–Crippen MR) is 56.9 cm³/mol. The lowest BCUT2D eigenvalue weighted by Gasteiger charge is -2.23. The standard InChI is InChI=1S/C11H12N2O3/c1-16-8-4-2-7(3-5-8)9-6-12-10(14)11(15)13-9/h2-5,9H,6H2,1H3,(H,12,14)(H,13,15). The van der Waals surface area contributed by atoms with E-state index in [0.29, 0.717) is 6.54 Å². The Balaban J connectivity index is 2.12. The van der Waals surface area contributed by atoms with Gasteiger partial charge in [0.2, 0.25) is 0 Å². The van der Waals surface area contributed by atoms with Crippen molar-refractivity contribution in [2.45, 2.75) is 6.04 Å². The first kappa shape index (κ1) is 10.5. The van der Waals surface area contributed by atoms with E-state index in [1.807, 2.05) is 24.3 Å². The summed E-state index contributed by atoms with van der Waals surface area (Å²) in [6.07, 6.45) is 0. The summed E-state index contributed by atoms with van der Waals surface area (Å²) in [5.41, 5.74) is 0.939. The van der Waals surface area contributed by atoms with Crippen LogP contribution < -0.4 is 15.4 Å². The van der Waals surface area contributed by atoms with Gasteiger partial charge in [-0.2, -0.15) is 0 Å². The monoisotopic (exact) mass is 220 g/mol. The second-order valence-electron chi connectivity index (χ2n) is 3.51. The van der Waals surface area contributed by atoms with Gasteiger partial charge in [-0.25, -0.2) is 0 Å². The Morgan fingerprint density at radius 1 is 1.19 bits per heavy atom. The molecule has 1 saturated heterocycles. The third kappa shape index (κ3) is 1.98. The molecule has 1 fully saturated rings. The quantitative estimate of drug-likeness (QED) is 0.688. The van der Waals surface area contributed by atoms with Gasteiger partial charge < -0.3 is 15.4 Å². The van der Waals surface area contributed by atoms with E-state index in [4.69, 9.17) is 4.74 Å². The molecule has 0 aliphatic carbocycles. The molecule has 1 heterocycles. The van der Waals surface area contributed by atoms with Crippen LogP contribution in [0, 0.1) is 0 Å². The van der Waals surface area contributed by atoms with Crippen LogP contribution in [0.3, 0.4) is 0 Å². The van der Waals surface area contributed by atoms with E-state index < -0.39 is 11.8 Å². The third-order valence-electron chi connectivity index (χ3n) is 2.50. The van der Waals surface area contributed by atoms with Gasteiger partial charge in [0.05, 0.1) is 13.2 Å². The van der Waals surface area contributed by atoms with Crippen LogP contribution in [-0.2, 0) is 9.59 Å². The lowest BCUT2D eigenvalue weighted by Crippen LogP contribution is -2.51. The van der Waals surface area contributed by atoms with Crippen LogP contribution in [0.5, 0.6) is 5.75 Å². The van der Waals surface area contributed by atoms with Gasteiger partial charge in [-0.1, -0.05) is 12.1 Å². The van der Waals surface area contributed by atoms with Crippen molar-refractivity contribution in [2.24, 2.45) is 0 Å². The maximum Gasteiger partial charge on any atom is 0.309 e. The highest BCUT2D eigenvalue weighted by atomic mass is 16.5. The van der Waals surface area contributed by atoms with Crippen molar-refractivity contribution in [1.82, 2.24) is 10.6 Å². The van der Waals surface area contributed by atoms with Gasteiger partial charge in [-0.15, -0.1) is 0 Å². The summed E-state index contributed by atoms with van der Waals surface area (Å²) in [5, 5.41) is 5.15. The number of rotatable bonds is 2. The number of benzene rings is 1. The Morgan fingerprint density at radius 3 is 2.44 bits per heavy atom. The molecule has 84 valence electrons. The van der Waals surface area contributed by atoms with Gasteiger partial charge in [-0.05, 0) is 17.7 Å². The summed E-state index contributed by atoms with van der Waals surface area (Å²) in [4.78, 5) is 22.1. The van der Waals surface area contributed by atoms with Gasteiger partial charge in [-0.3, -0.25) is 9.59 Å². The van der Waals surface area contributed by atoms with Crippen LogP contribution in [0.2, 0.25) is 0 Å². The molecule has 1 atom stereocenters. The topological polar surface area (TPSA) is 67.4 Å². The highest BCUT2D eigenvalue weighted by Gasteiger charge is 2.25. The number of carbonyl (C=O) groups excluding carboxylic acids is 2. The fraction of sp³-hybridized carbons (Fsp3) is 0.273. The molecule has 0 radical (unpaired) electrons. The fourth-order valence-electron chi connectivity index (χ4n) is 1.59. The van der Waals surface area contributed by atoms with Crippen molar-refractivity contribution in [3.05, 3.63) is 29.8 Å². The van der Waals surface area contributed by atoms with Gasteiger partial charge in [0, 0.05) is 6.54 Å². The minimum absolute atomic E-state index is 0.170. The Kier molecular flexibility index (Phi) is 2.76. The van der Waals surface area contributed by atoms with Crippen molar-refractivity contribution in [1.29, 1.82) is 0 Å². The average molecular weight is 220 g/mol. The molecule has 5 heteroatoms. The molecule has 0 bridgehead atoms. The second kappa shape index (κ2) is 4.22. The SMILES string of the molecule is COc1ccc(C2CNC(=O)C(=O)N2)cc1. The summed E-state index contributed by atoms with van der Waals surface area (Å²) in [6.45, 7) is 0.414. The van der Waals surface area contributed by atoms with Crippen molar-refractivity contribution in [2.75, 3.05) is 13.7 Å². The summed E-state index contributed by atoms with van der Waals surface area (Å²) >= 11 is 0. The summed E-state index contributed by atoms with van der Waals surface area (Å²) < 4.78 is 5.04.